The Balaban J connectivity index is 2.48. The molecule has 1 aliphatic carbocycles. The predicted octanol–water partition coefficient (Wildman–Crippen LogP) is 1.76. The van der Waals surface area contributed by atoms with Gasteiger partial charge < -0.3 is 19.0 Å². The zero-order chi connectivity index (χ0) is 23.6. The average Bonchev–Trinajstić information content (AvgIpc) is 2.94. The molecule has 0 aliphatic heterocycles. The normalized spacial score (nSPS) is 28.5. The zero-order valence-corrected chi connectivity index (χ0v) is 19.6. The van der Waals surface area contributed by atoms with Crippen LogP contribution in [0, 0.1) is 5.92 Å². The van der Waals surface area contributed by atoms with Crippen LogP contribution in [0.25, 0.3) is 0 Å². The van der Waals surface area contributed by atoms with Crippen molar-refractivity contribution in [3.63, 3.8) is 0 Å². The van der Waals surface area contributed by atoms with Crippen LogP contribution in [0.3, 0.4) is 0 Å². The molecule has 1 aromatic rings. The highest BCUT2D eigenvalue weighted by Gasteiger charge is 2.49. The molecule has 2 rings (SSSR count). The van der Waals surface area contributed by atoms with E-state index in [1.54, 1.807) is 20.8 Å². The molecule has 1 aromatic heterocycles. The van der Waals surface area contributed by atoms with Crippen LogP contribution in [0.15, 0.2) is 33.7 Å². The van der Waals surface area contributed by atoms with Gasteiger partial charge in [-0.2, -0.15) is 0 Å². The lowest BCUT2D eigenvalue weighted by Crippen LogP contribution is -2.39. The second kappa shape index (κ2) is 9.64. The maximum atomic E-state index is 12.6. The predicted molar refractivity (Wildman–Crippen MR) is 111 cm³/mol. The Hall–Kier alpha value is -1.36. The van der Waals surface area contributed by atoms with E-state index in [0.717, 1.165) is 23.6 Å². The molecule has 0 bridgehead atoms. The summed E-state index contributed by atoms with van der Waals surface area (Å²) in [5.74, 6) is 0.382. The largest absolute Gasteiger partial charge is 0.473 e. The van der Waals surface area contributed by atoms with Crippen molar-refractivity contribution in [2.45, 2.75) is 51.0 Å². The van der Waals surface area contributed by atoms with Crippen molar-refractivity contribution in [3.8, 4) is 0 Å². The summed E-state index contributed by atoms with van der Waals surface area (Å²) in [6.07, 6.45) is 0.687. The number of phosphoric ester groups is 1. The molecule has 3 N–H and O–H groups in total. The number of ether oxygens (including phenoxy) is 1. The van der Waals surface area contributed by atoms with Gasteiger partial charge in [-0.15, -0.1) is 0 Å². The van der Waals surface area contributed by atoms with E-state index in [1.165, 1.54) is 19.4 Å². The Labute approximate surface area is 179 Å². The minimum Gasteiger partial charge on any atom is -0.378 e. The van der Waals surface area contributed by atoms with Gasteiger partial charge in [0.25, 0.3) is 5.56 Å². The highest BCUT2D eigenvalue weighted by Crippen LogP contribution is 2.53. The number of aromatic amines is 1. The van der Waals surface area contributed by atoms with Crippen LogP contribution in [-0.4, -0.2) is 51.4 Å². The molecular formula is C17H28N2O10P2. The van der Waals surface area contributed by atoms with Gasteiger partial charge in [0, 0.05) is 38.2 Å². The first-order valence-corrected chi connectivity index (χ1v) is 12.5. The number of rotatable bonds is 8. The molecule has 0 amide bonds. The first-order valence-electron chi connectivity index (χ1n) is 9.32. The van der Waals surface area contributed by atoms with E-state index in [2.05, 4.69) is 9.51 Å². The van der Waals surface area contributed by atoms with E-state index in [4.69, 9.17) is 13.8 Å². The molecule has 14 heteroatoms. The Morgan fingerprint density at radius 1 is 1.19 bits per heavy atom. The lowest BCUT2D eigenvalue weighted by atomic mass is 10.1. The minimum absolute atomic E-state index is 0.130. The quantitative estimate of drug-likeness (QED) is 0.465. The molecule has 1 fully saturated rings. The number of H-pyrrole nitrogens is 1. The van der Waals surface area contributed by atoms with Gasteiger partial charge in [-0.05, 0) is 27.2 Å². The molecule has 0 spiro atoms. The third kappa shape index (κ3) is 7.06. The summed E-state index contributed by atoms with van der Waals surface area (Å²) in [6.45, 7) is 4.71. The molecular weight excluding hydrogens is 454 g/mol. The first-order chi connectivity index (χ1) is 14.2. The highest BCUT2D eigenvalue weighted by atomic mass is 31.2. The third-order valence-corrected chi connectivity index (χ3v) is 6.91. The highest BCUT2D eigenvalue weighted by molar-refractivity contribution is 7.56. The van der Waals surface area contributed by atoms with Crippen molar-refractivity contribution in [2.24, 2.45) is 5.92 Å². The van der Waals surface area contributed by atoms with Crippen LogP contribution < -0.4 is 11.2 Å². The van der Waals surface area contributed by atoms with Crippen molar-refractivity contribution in [3.05, 3.63) is 45.0 Å². The van der Waals surface area contributed by atoms with Crippen LogP contribution in [0.1, 0.15) is 33.2 Å². The molecule has 31 heavy (non-hydrogen) atoms. The van der Waals surface area contributed by atoms with Crippen LogP contribution >= 0.6 is 15.4 Å². The lowest BCUT2D eigenvalue weighted by molar-refractivity contribution is -0.0326. The number of aromatic nitrogens is 2. The fourth-order valence-electron chi connectivity index (χ4n) is 3.40. The van der Waals surface area contributed by atoms with E-state index in [-0.39, 0.29) is 6.42 Å². The summed E-state index contributed by atoms with van der Waals surface area (Å²) >= 11 is 0. The number of nitrogens with zero attached hydrogens (tertiary/aromatic N) is 1. The molecule has 1 saturated carbocycles. The fourth-order valence-corrected chi connectivity index (χ4v) is 5.26. The average molecular weight is 482 g/mol. The summed E-state index contributed by atoms with van der Waals surface area (Å²) in [7, 11) is -6.17. The van der Waals surface area contributed by atoms with E-state index in [1.807, 2.05) is 0 Å². The molecule has 0 saturated heterocycles. The maximum absolute atomic E-state index is 12.6. The Bertz CT molecular complexity index is 1010. The van der Waals surface area contributed by atoms with Crippen LogP contribution in [0.5, 0.6) is 0 Å². The standard InChI is InChI=1S/C17H28N2O10P2/c1-17(2,3)29-31(24,25)28-15-12(19-8-6-13(20)18-16(19)21)10-11(14(15)26-4)7-9-30(22,23)27-5/h6-9,11-12,14-15H,10H2,1-5H3,(H,22,23)(H,24,25)(H,18,20,21)/b9-7+/t11-,12+,14+,15-/m0/s1. The summed E-state index contributed by atoms with van der Waals surface area (Å²) in [5.41, 5.74) is -2.36. The smallest absolute Gasteiger partial charge is 0.378 e. The molecule has 2 unspecified atom stereocenters. The number of hydrogen-bond donors (Lipinski definition) is 3. The van der Waals surface area contributed by atoms with Crippen LogP contribution in [0.4, 0.5) is 0 Å². The monoisotopic (exact) mass is 482 g/mol. The molecule has 0 aromatic carbocycles. The van der Waals surface area contributed by atoms with E-state index in [0.29, 0.717) is 0 Å². The Kier molecular flexibility index (Phi) is 8.05. The van der Waals surface area contributed by atoms with Gasteiger partial charge in [0.05, 0.1) is 17.7 Å². The maximum Gasteiger partial charge on any atom is 0.473 e. The SMILES string of the molecule is CO[C@H]1[C@@H](OP(=O)(O)OC(C)(C)C)[C@H](n2ccc(=O)[nH]c2=O)C[C@@H]1/C=C/P(=O)(O)OC. The van der Waals surface area contributed by atoms with E-state index < -0.39 is 56.4 Å². The van der Waals surface area contributed by atoms with E-state index in [9.17, 15) is 28.5 Å². The molecule has 176 valence electrons. The Morgan fingerprint density at radius 2 is 1.84 bits per heavy atom. The van der Waals surface area contributed by atoms with Gasteiger partial charge in [0.1, 0.15) is 6.10 Å². The van der Waals surface area contributed by atoms with Crippen LogP contribution in [0.2, 0.25) is 0 Å². The third-order valence-electron chi connectivity index (χ3n) is 4.55. The molecule has 12 nitrogen and oxygen atoms in total. The molecule has 6 atom stereocenters. The first kappa shape index (κ1) is 25.9. The second-order valence-electron chi connectivity index (χ2n) is 8.02. The van der Waals surface area contributed by atoms with Crippen molar-refractivity contribution in [2.75, 3.05) is 14.2 Å². The number of phosphoric acid groups is 1. The summed E-state index contributed by atoms with van der Waals surface area (Å²) < 4.78 is 46.2. The van der Waals surface area contributed by atoms with Crippen molar-refractivity contribution in [1.29, 1.82) is 0 Å². The second-order valence-corrected chi connectivity index (χ2v) is 11.1. The Morgan fingerprint density at radius 3 is 2.35 bits per heavy atom. The summed E-state index contributed by atoms with van der Waals surface area (Å²) in [6, 6.07) is 0.272. The van der Waals surface area contributed by atoms with Crippen LogP contribution in [-0.2, 0) is 27.4 Å². The number of methoxy groups -OCH3 is 1. The van der Waals surface area contributed by atoms with Gasteiger partial charge in [-0.3, -0.25) is 28.0 Å². The number of nitrogens with one attached hydrogen (secondary N) is 1. The summed E-state index contributed by atoms with van der Waals surface area (Å²) in [4.78, 5) is 45.8. The van der Waals surface area contributed by atoms with Crippen molar-refractivity contribution in [1.82, 2.24) is 9.55 Å². The van der Waals surface area contributed by atoms with E-state index >= 15 is 0 Å². The molecule has 1 heterocycles. The summed E-state index contributed by atoms with van der Waals surface area (Å²) in [5, 5.41) is 0. The van der Waals surface area contributed by atoms with Gasteiger partial charge in [0.15, 0.2) is 0 Å². The van der Waals surface area contributed by atoms with Gasteiger partial charge >= 0.3 is 21.1 Å². The molecule has 0 radical (unpaired) electrons. The lowest BCUT2D eigenvalue weighted by Gasteiger charge is -2.30. The van der Waals surface area contributed by atoms with Gasteiger partial charge in [0.2, 0.25) is 0 Å². The van der Waals surface area contributed by atoms with Gasteiger partial charge in [-0.25, -0.2) is 9.36 Å². The topological polar surface area (TPSA) is 166 Å². The van der Waals surface area contributed by atoms with Gasteiger partial charge in [-0.1, -0.05) is 6.08 Å². The number of hydrogen-bond acceptors (Lipinski definition) is 8. The minimum atomic E-state index is -4.60. The zero-order valence-electron chi connectivity index (χ0n) is 17.8. The molecule has 1 aliphatic rings. The van der Waals surface area contributed by atoms with Crippen molar-refractivity contribution >= 4 is 15.4 Å². The fraction of sp³-hybridized carbons (Fsp3) is 0.647. The van der Waals surface area contributed by atoms with Crippen molar-refractivity contribution < 1.29 is 37.2 Å².